The highest BCUT2D eigenvalue weighted by Crippen LogP contribution is 2.23. The number of benzene rings is 1. The first kappa shape index (κ1) is 14.9. The third kappa shape index (κ3) is 3.98. The summed E-state index contributed by atoms with van der Waals surface area (Å²) < 4.78 is 7.00. The van der Waals surface area contributed by atoms with E-state index >= 15 is 0 Å². The molecule has 0 fully saturated rings. The van der Waals surface area contributed by atoms with Gasteiger partial charge in [-0.2, -0.15) is 0 Å². The molecule has 21 heavy (non-hydrogen) atoms. The first-order valence-electron chi connectivity index (χ1n) is 6.97. The van der Waals surface area contributed by atoms with Crippen molar-refractivity contribution in [2.24, 2.45) is 0 Å². The van der Waals surface area contributed by atoms with Crippen LogP contribution in [0, 0.1) is 0 Å². The topological polar surface area (TPSA) is 82.2 Å². The van der Waals surface area contributed by atoms with Crippen molar-refractivity contribution in [2.75, 3.05) is 24.2 Å². The smallest absolute Gasteiger partial charge is 0.340 e. The molecule has 2 aromatic rings. The first-order chi connectivity index (χ1) is 10.2. The quantitative estimate of drug-likeness (QED) is 0.463. The number of carbonyl (C=O) groups is 1. The van der Waals surface area contributed by atoms with Gasteiger partial charge in [0.2, 0.25) is 0 Å². The SMILES string of the molecule is CCOC(=O)c1cccc(NCCCn2ccnc2)c1N. The van der Waals surface area contributed by atoms with Crippen LogP contribution in [0.25, 0.3) is 0 Å². The van der Waals surface area contributed by atoms with Gasteiger partial charge in [-0.25, -0.2) is 9.78 Å². The van der Waals surface area contributed by atoms with Crippen LogP contribution in [0.3, 0.4) is 0 Å². The van der Waals surface area contributed by atoms with E-state index in [0.717, 1.165) is 25.2 Å². The molecule has 0 saturated carbocycles. The molecule has 0 aliphatic heterocycles. The number of aryl methyl sites for hydroxylation is 1. The van der Waals surface area contributed by atoms with Crippen molar-refractivity contribution in [1.29, 1.82) is 0 Å². The van der Waals surface area contributed by atoms with Crippen molar-refractivity contribution in [3.8, 4) is 0 Å². The van der Waals surface area contributed by atoms with Crippen LogP contribution < -0.4 is 11.1 Å². The second kappa shape index (κ2) is 7.33. The van der Waals surface area contributed by atoms with E-state index < -0.39 is 5.97 Å². The summed E-state index contributed by atoms with van der Waals surface area (Å²) in [5.41, 5.74) is 7.60. The predicted molar refractivity (Wildman–Crippen MR) is 82.1 cm³/mol. The van der Waals surface area contributed by atoms with Gasteiger partial charge in [-0.15, -0.1) is 0 Å². The maximum Gasteiger partial charge on any atom is 0.340 e. The maximum absolute atomic E-state index is 11.8. The molecule has 1 aromatic heterocycles. The molecule has 6 nitrogen and oxygen atoms in total. The van der Waals surface area contributed by atoms with Crippen molar-refractivity contribution in [3.63, 3.8) is 0 Å². The highest BCUT2D eigenvalue weighted by Gasteiger charge is 2.12. The molecule has 0 saturated heterocycles. The van der Waals surface area contributed by atoms with Crippen LogP contribution in [0.4, 0.5) is 11.4 Å². The van der Waals surface area contributed by atoms with Gasteiger partial charge in [0.15, 0.2) is 0 Å². The minimum absolute atomic E-state index is 0.334. The average Bonchev–Trinajstić information content (AvgIpc) is 2.98. The number of nitrogen functional groups attached to an aromatic ring is 1. The molecule has 3 N–H and O–H groups in total. The molecular weight excluding hydrogens is 268 g/mol. The van der Waals surface area contributed by atoms with Crippen LogP contribution in [-0.2, 0) is 11.3 Å². The molecule has 1 heterocycles. The summed E-state index contributed by atoms with van der Waals surface area (Å²) >= 11 is 0. The Labute approximate surface area is 123 Å². The first-order valence-corrected chi connectivity index (χ1v) is 6.97. The zero-order valence-electron chi connectivity index (χ0n) is 12.1. The van der Waals surface area contributed by atoms with E-state index in [1.54, 1.807) is 31.6 Å². The molecule has 0 aliphatic rings. The van der Waals surface area contributed by atoms with E-state index in [1.165, 1.54) is 0 Å². The van der Waals surface area contributed by atoms with Gasteiger partial charge in [0.25, 0.3) is 0 Å². The lowest BCUT2D eigenvalue weighted by Crippen LogP contribution is -2.12. The van der Waals surface area contributed by atoms with Gasteiger partial charge < -0.3 is 20.4 Å². The van der Waals surface area contributed by atoms with Crippen LogP contribution in [-0.4, -0.2) is 28.7 Å². The van der Waals surface area contributed by atoms with Gasteiger partial charge in [0.05, 0.1) is 29.9 Å². The number of nitrogens with two attached hydrogens (primary N) is 1. The number of ether oxygens (including phenoxy) is 1. The number of carbonyl (C=O) groups excluding carboxylic acids is 1. The molecule has 0 aliphatic carbocycles. The minimum Gasteiger partial charge on any atom is -0.462 e. The van der Waals surface area contributed by atoms with Crippen LogP contribution in [0.15, 0.2) is 36.9 Å². The van der Waals surface area contributed by atoms with E-state index in [2.05, 4.69) is 10.3 Å². The van der Waals surface area contributed by atoms with Crippen LogP contribution >= 0.6 is 0 Å². The number of nitrogens with zero attached hydrogens (tertiary/aromatic N) is 2. The maximum atomic E-state index is 11.8. The van der Waals surface area contributed by atoms with E-state index in [9.17, 15) is 4.79 Å². The number of hydrogen-bond acceptors (Lipinski definition) is 5. The van der Waals surface area contributed by atoms with Crippen molar-refractivity contribution < 1.29 is 9.53 Å². The summed E-state index contributed by atoms with van der Waals surface area (Å²) in [5.74, 6) is -0.392. The molecule has 0 radical (unpaired) electrons. The Bertz CT molecular complexity index is 581. The van der Waals surface area contributed by atoms with Crippen molar-refractivity contribution in [2.45, 2.75) is 19.9 Å². The number of aromatic nitrogens is 2. The summed E-state index contributed by atoms with van der Waals surface area (Å²) in [6.07, 6.45) is 6.40. The normalized spacial score (nSPS) is 10.3. The number of imidazole rings is 1. The fourth-order valence-corrected chi connectivity index (χ4v) is 2.01. The van der Waals surface area contributed by atoms with Crippen molar-refractivity contribution >= 4 is 17.3 Å². The minimum atomic E-state index is -0.392. The van der Waals surface area contributed by atoms with Crippen molar-refractivity contribution in [1.82, 2.24) is 9.55 Å². The van der Waals surface area contributed by atoms with E-state index in [0.29, 0.717) is 17.9 Å². The fraction of sp³-hybridized carbons (Fsp3) is 0.333. The molecule has 6 heteroatoms. The number of hydrogen-bond donors (Lipinski definition) is 2. The number of nitrogens with one attached hydrogen (secondary N) is 1. The standard InChI is InChI=1S/C15H20N4O2/c1-2-21-15(20)12-5-3-6-13(14(12)16)18-7-4-9-19-10-8-17-11-19/h3,5-6,8,10-11,18H,2,4,7,9,16H2,1H3. The molecule has 0 bridgehead atoms. The van der Waals surface area contributed by atoms with Gasteiger partial charge in [-0.1, -0.05) is 6.07 Å². The number of esters is 1. The summed E-state index contributed by atoms with van der Waals surface area (Å²) in [7, 11) is 0. The molecule has 1 aromatic carbocycles. The molecule has 0 spiro atoms. The zero-order chi connectivity index (χ0) is 15.1. The number of para-hydroxylation sites is 1. The van der Waals surface area contributed by atoms with Crippen LogP contribution in [0.2, 0.25) is 0 Å². The number of rotatable bonds is 7. The molecular formula is C15H20N4O2. The highest BCUT2D eigenvalue weighted by atomic mass is 16.5. The van der Waals surface area contributed by atoms with Gasteiger partial charge in [-0.05, 0) is 25.5 Å². The lowest BCUT2D eigenvalue weighted by Gasteiger charge is -2.12. The van der Waals surface area contributed by atoms with E-state index in [1.807, 2.05) is 16.8 Å². The number of anilines is 2. The van der Waals surface area contributed by atoms with Gasteiger partial charge in [0.1, 0.15) is 0 Å². The predicted octanol–water partition coefficient (Wildman–Crippen LogP) is 2.14. The summed E-state index contributed by atoms with van der Waals surface area (Å²) in [6.45, 7) is 3.74. The highest BCUT2D eigenvalue weighted by molar-refractivity contribution is 5.98. The molecule has 0 amide bonds. The summed E-state index contributed by atoms with van der Waals surface area (Å²) in [6, 6.07) is 5.32. The van der Waals surface area contributed by atoms with Crippen molar-refractivity contribution in [3.05, 3.63) is 42.5 Å². The van der Waals surface area contributed by atoms with Crippen LogP contribution in [0.1, 0.15) is 23.7 Å². The molecule has 2 rings (SSSR count). The Morgan fingerprint density at radius 2 is 2.33 bits per heavy atom. The summed E-state index contributed by atoms with van der Waals surface area (Å²) in [5, 5.41) is 3.25. The van der Waals surface area contributed by atoms with Gasteiger partial charge >= 0.3 is 5.97 Å². The zero-order valence-corrected chi connectivity index (χ0v) is 12.1. The Morgan fingerprint density at radius 1 is 1.48 bits per heavy atom. The van der Waals surface area contributed by atoms with E-state index in [4.69, 9.17) is 10.5 Å². The average molecular weight is 288 g/mol. The van der Waals surface area contributed by atoms with Gasteiger partial charge in [0, 0.05) is 25.5 Å². The molecule has 0 atom stereocenters. The third-order valence-electron chi connectivity index (χ3n) is 3.07. The largest absolute Gasteiger partial charge is 0.462 e. The Morgan fingerprint density at radius 3 is 3.05 bits per heavy atom. The lowest BCUT2D eigenvalue weighted by molar-refractivity contribution is 0.0527. The second-order valence-corrected chi connectivity index (χ2v) is 4.57. The Hall–Kier alpha value is -2.50. The molecule has 0 unspecified atom stereocenters. The van der Waals surface area contributed by atoms with E-state index in [-0.39, 0.29) is 0 Å². The van der Waals surface area contributed by atoms with Gasteiger partial charge in [-0.3, -0.25) is 0 Å². The Kier molecular flexibility index (Phi) is 5.20. The monoisotopic (exact) mass is 288 g/mol. The summed E-state index contributed by atoms with van der Waals surface area (Å²) in [4.78, 5) is 15.8. The fourth-order valence-electron chi connectivity index (χ4n) is 2.01. The lowest BCUT2D eigenvalue weighted by atomic mass is 10.1. The molecule has 112 valence electrons. The second-order valence-electron chi connectivity index (χ2n) is 4.57. The Balaban J connectivity index is 1.91. The third-order valence-corrected chi connectivity index (χ3v) is 3.07. The van der Waals surface area contributed by atoms with Crippen LogP contribution in [0.5, 0.6) is 0 Å².